The zero-order valence-electron chi connectivity index (χ0n) is 7.54. The Bertz CT molecular complexity index is 348. The molecule has 1 unspecified atom stereocenters. The van der Waals surface area contributed by atoms with Crippen molar-refractivity contribution < 1.29 is 13.2 Å². The average Bonchev–Trinajstić information content (AvgIpc) is 2.47. The number of hydrogen-bond acceptors (Lipinski definition) is 2. The molecule has 1 rings (SSSR count). The molecule has 0 aromatic carbocycles. The quantitative estimate of drug-likeness (QED) is 0.484. The Kier molecular flexibility index (Phi) is 3.20. The third-order valence-electron chi connectivity index (χ3n) is 1.16. The smallest absolute Gasteiger partial charge is 0.243 e. The van der Waals surface area contributed by atoms with Crippen LogP contribution in [0.5, 0.6) is 0 Å². The molecule has 1 atom stereocenters. The van der Waals surface area contributed by atoms with Crippen LogP contribution in [0.25, 0.3) is 0 Å². The minimum absolute atomic E-state index is 0.694. The van der Waals surface area contributed by atoms with Gasteiger partial charge in [0.2, 0.25) is 0 Å². The Morgan fingerprint density at radius 2 is 2.07 bits per heavy atom. The highest BCUT2D eigenvalue weighted by atomic mass is 32.2. The molecule has 78 valence electrons. The summed E-state index contributed by atoms with van der Waals surface area (Å²) in [6.07, 6.45) is -4.39. The second-order valence-corrected chi connectivity index (χ2v) is 4.01. The Morgan fingerprint density at radius 3 is 2.50 bits per heavy atom. The lowest BCUT2D eigenvalue weighted by molar-refractivity contribution is -0.0919. The van der Waals surface area contributed by atoms with Gasteiger partial charge in [0.25, 0.3) is 0 Å². The number of nitrogens with zero attached hydrogens (tertiary/aromatic N) is 3. The van der Waals surface area contributed by atoms with E-state index in [0.717, 1.165) is 11.0 Å². The van der Waals surface area contributed by atoms with Crippen molar-refractivity contribution in [2.75, 3.05) is 0 Å². The van der Waals surface area contributed by atoms with Crippen molar-refractivity contribution >= 4 is 21.9 Å². The zero-order chi connectivity index (χ0) is 10.8. The van der Waals surface area contributed by atoms with Gasteiger partial charge < -0.3 is 0 Å². The third-order valence-corrected chi connectivity index (χ3v) is 2.21. The Morgan fingerprint density at radius 1 is 1.43 bits per heavy atom. The van der Waals surface area contributed by atoms with Crippen LogP contribution in [-0.4, -0.2) is 17.4 Å². The lowest BCUT2D eigenvalue weighted by atomic mass is 10.5. The van der Waals surface area contributed by atoms with Crippen molar-refractivity contribution in [3.63, 3.8) is 0 Å². The van der Waals surface area contributed by atoms with Gasteiger partial charge in [-0.1, -0.05) is 0 Å². The minimum Gasteiger partial charge on any atom is -0.243 e. The molecule has 0 aromatic heterocycles. The molecule has 14 heavy (non-hydrogen) atoms. The highest BCUT2D eigenvalue weighted by Gasteiger charge is 2.35. The molecule has 0 N–H and O–H groups in total. The molecule has 0 aliphatic carbocycles. The molecular formula is C7H8F3N3S. The lowest BCUT2D eigenvalue weighted by Crippen LogP contribution is -2.08. The van der Waals surface area contributed by atoms with Crippen LogP contribution >= 0.6 is 0 Å². The van der Waals surface area contributed by atoms with E-state index in [4.69, 9.17) is 0 Å². The van der Waals surface area contributed by atoms with E-state index in [2.05, 4.69) is 14.6 Å². The first-order valence-electron chi connectivity index (χ1n) is 3.67. The van der Waals surface area contributed by atoms with E-state index in [1.807, 2.05) is 0 Å². The van der Waals surface area contributed by atoms with E-state index in [1.54, 1.807) is 13.8 Å². The molecular weight excluding hydrogens is 215 g/mol. The third kappa shape index (κ3) is 3.06. The van der Waals surface area contributed by atoms with Crippen LogP contribution in [0.2, 0.25) is 0 Å². The number of hydrogen-bond donors (Lipinski definition) is 0. The molecule has 1 aliphatic rings. The monoisotopic (exact) mass is 223 g/mol. The summed E-state index contributed by atoms with van der Waals surface area (Å²) in [7, 11) is -0.961. The van der Waals surface area contributed by atoms with Gasteiger partial charge in [-0.15, -0.1) is 4.47 Å². The molecule has 0 spiro atoms. The van der Waals surface area contributed by atoms with Crippen LogP contribution < -0.4 is 0 Å². The van der Waals surface area contributed by atoms with Crippen LogP contribution in [0, 0.1) is 0 Å². The van der Waals surface area contributed by atoms with Crippen LogP contribution in [0.4, 0.5) is 13.2 Å². The van der Waals surface area contributed by atoms with Crippen molar-refractivity contribution in [2.45, 2.75) is 20.0 Å². The molecule has 1 heterocycles. The van der Waals surface area contributed by atoms with Crippen molar-refractivity contribution in [1.82, 2.24) is 0 Å². The molecule has 0 fully saturated rings. The SMILES string of the molecule is CC(C)=NN=S1C=NC(C(F)(F)F)=C1. The van der Waals surface area contributed by atoms with E-state index >= 15 is 0 Å². The second kappa shape index (κ2) is 4.04. The van der Waals surface area contributed by atoms with Gasteiger partial charge in [-0.05, 0) is 24.5 Å². The van der Waals surface area contributed by atoms with Gasteiger partial charge in [-0.3, -0.25) is 0 Å². The van der Waals surface area contributed by atoms with E-state index in [0.29, 0.717) is 5.71 Å². The van der Waals surface area contributed by atoms with E-state index < -0.39 is 22.6 Å². The fourth-order valence-corrected chi connectivity index (χ4v) is 1.65. The fraction of sp³-hybridized carbons (Fsp3) is 0.429. The summed E-state index contributed by atoms with van der Waals surface area (Å²) in [5.41, 5.74) is 0.947. The van der Waals surface area contributed by atoms with Crippen molar-refractivity contribution in [1.29, 1.82) is 0 Å². The van der Waals surface area contributed by atoms with Crippen molar-refractivity contribution in [3.8, 4) is 0 Å². The summed E-state index contributed by atoms with van der Waals surface area (Å²) in [6.45, 7) is 3.43. The molecule has 3 nitrogen and oxygen atoms in total. The Hall–Kier alpha value is -0.980. The summed E-state index contributed by atoms with van der Waals surface area (Å²) < 4.78 is 39.9. The van der Waals surface area contributed by atoms with Crippen LogP contribution in [0.15, 0.2) is 25.7 Å². The maximum atomic E-state index is 12.1. The van der Waals surface area contributed by atoms with Crippen LogP contribution in [0.1, 0.15) is 13.8 Å². The van der Waals surface area contributed by atoms with E-state index in [1.165, 1.54) is 0 Å². The number of halogens is 3. The molecule has 1 aliphatic heterocycles. The molecule has 0 bridgehead atoms. The maximum Gasteiger partial charge on any atom is 0.433 e. The van der Waals surface area contributed by atoms with Gasteiger partial charge in [-0.2, -0.15) is 18.3 Å². The summed E-state index contributed by atoms with van der Waals surface area (Å²) in [5, 5.41) is 4.64. The van der Waals surface area contributed by atoms with Crippen molar-refractivity contribution in [2.24, 2.45) is 14.6 Å². The normalized spacial score (nSPS) is 21.2. The average molecular weight is 223 g/mol. The summed E-state index contributed by atoms with van der Waals surface area (Å²) in [5.74, 6) is 0. The molecule has 7 heteroatoms. The summed E-state index contributed by atoms with van der Waals surface area (Å²) >= 11 is 0. The molecule has 0 saturated heterocycles. The Labute approximate surface area is 81.5 Å². The molecule has 0 saturated carbocycles. The van der Waals surface area contributed by atoms with Gasteiger partial charge in [0.15, 0.2) is 5.70 Å². The van der Waals surface area contributed by atoms with Gasteiger partial charge in [0.1, 0.15) is 0 Å². The highest BCUT2D eigenvalue weighted by molar-refractivity contribution is 8.03. The van der Waals surface area contributed by atoms with Gasteiger partial charge >= 0.3 is 6.18 Å². The predicted molar refractivity (Wildman–Crippen MR) is 51.2 cm³/mol. The fourth-order valence-electron chi connectivity index (χ4n) is 0.599. The predicted octanol–water partition coefficient (Wildman–Crippen LogP) is 2.63. The Balaban J connectivity index is 2.84. The summed E-state index contributed by atoms with van der Waals surface area (Å²) in [6, 6.07) is 0. The first-order valence-corrected chi connectivity index (χ1v) is 4.97. The summed E-state index contributed by atoms with van der Waals surface area (Å²) in [4.78, 5) is 3.23. The number of aliphatic imine (C=N–C) groups is 1. The number of rotatable bonds is 1. The van der Waals surface area contributed by atoms with Crippen molar-refractivity contribution in [3.05, 3.63) is 11.1 Å². The van der Waals surface area contributed by atoms with Crippen LogP contribution in [0.3, 0.4) is 0 Å². The van der Waals surface area contributed by atoms with Gasteiger partial charge in [-0.25, -0.2) is 4.99 Å². The minimum atomic E-state index is -4.39. The first kappa shape index (κ1) is 11.1. The van der Waals surface area contributed by atoms with E-state index in [-0.39, 0.29) is 0 Å². The van der Waals surface area contributed by atoms with E-state index in [9.17, 15) is 13.2 Å². The maximum absolute atomic E-state index is 12.1. The zero-order valence-corrected chi connectivity index (χ0v) is 8.35. The largest absolute Gasteiger partial charge is 0.433 e. The van der Waals surface area contributed by atoms with Gasteiger partial charge in [0.05, 0.1) is 5.55 Å². The van der Waals surface area contributed by atoms with Crippen LogP contribution in [-0.2, 0) is 10.7 Å². The second-order valence-electron chi connectivity index (χ2n) is 2.71. The molecule has 0 amide bonds. The first-order chi connectivity index (χ1) is 6.39. The molecule has 0 aromatic rings. The topological polar surface area (TPSA) is 37.1 Å². The highest BCUT2D eigenvalue weighted by Crippen LogP contribution is 2.29. The van der Waals surface area contributed by atoms with Gasteiger partial charge in [0, 0.05) is 11.1 Å². The molecule has 0 radical (unpaired) electrons. The lowest BCUT2D eigenvalue weighted by Gasteiger charge is -2.01. The number of allylic oxidation sites excluding steroid dienone is 1. The standard InChI is InChI=1S/C7H8F3N3S/c1-5(2)12-13-14-3-6(11-4-14)7(8,9)10/h3-4H,1-2H3. The number of alkyl halides is 3.